The molecule has 2 aliphatic heterocycles. The molecule has 3 fully saturated rings. The summed E-state index contributed by atoms with van der Waals surface area (Å²) in [5.41, 5.74) is 6.43. The van der Waals surface area contributed by atoms with Crippen molar-refractivity contribution in [1.82, 2.24) is 10.2 Å². The molecule has 3 aliphatic rings. The fraction of sp³-hybridized carbons (Fsp3) is 0.947. The van der Waals surface area contributed by atoms with Crippen LogP contribution >= 0.6 is 0 Å². The van der Waals surface area contributed by atoms with Gasteiger partial charge in [-0.15, -0.1) is 0 Å². The van der Waals surface area contributed by atoms with Crippen molar-refractivity contribution in [2.24, 2.45) is 11.7 Å². The van der Waals surface area contributed by atoms with Crippen LogP contribution in [0.2, 0.25) is 0 Å². The molecule has 5 nitrogen and oxygen atoms in total. The van der Waals surface area contributed by atoms with E-state index in [9.17, 15) is 4.79 Å². The number of hydrogen-bond acceptors (Lipinski definition) is 4. The predicted octanol–water partition coefficient (Wildman–Crippen LogP) is 2.05. The van der Waals surface area contributed by atoms with Crippen LogP contribution in [0, 0.1) is 5.92 Å². The van der Waals surface area contributed by atoms with E-state index in [0.717, 1.165) is 32.6 Å². The number of nitrogens with zero attached hydrogens (tertiary/aromatic N) is 1. The Bertz CT molecular complexity index is 397. The topological polar surface area (TPSA) is 67.6 Å². The molecule has 0 aromatic heterocycles. The second-order valence-electron chi connectivity index (χ2n) is 8.03. The highest BCUT2D eigenvalue weighted by molar-refractivity contribution is 5.81. The van der Waals surface area contributed by atoms with Crippen LogP contribution in [-0.4, -0.2) is 55.2 Å². The Balaban J connectivity index is 1.57. The third-order valence-corrected chi connectivity index (χ3v) is 6.48. The molecule has 0 bridgehead atoms. The molecule has 5 heteroatoms. The van der Waals surface area contributed by atoms with Crippen LogP contribution in [-0.2, 0) is 9.53 Å². The van der Waals surface area contributed by atoms with E-state index in [4.69, 9.17) is 10.5 Å². The van der Waals surface area contributed by atoms with Crippen LogP contribution in [0.15, 0.2) is 0 Å². The highest BCUT2D eigenvalue weighted by Crippen LogP contribution is 2.35. The standard InChI is InChI=1S/C19H35N3O2/c20-17(16-7-13-24-14-8-16)18(23)21-15-19(9-3-1-4-10-19)22-11-5-2-6-12-22/h16-17H,1-15,20H2,(H,21,23). The Hall–Kier alpha value is -0.650. The minimum atomic E-state index is -0.379. The van der Waals surface area contributed by atoms with Gasteiger partial charge in [-0.3, -0.25) is 9.69 Å². The number of amides is 1. The van der Waals surface area contributed by atoms with Crippen molar-refractivity contribution in [2.75, 3.05) is 32.8 Å². The molecule has 0 aromatic rings. The molecular weight excluding hydrogens is 302 g/mol. The number of ether oxygens (including phenoxy) is 1. The fourth-order valence-electron chi connectivity index (χ4n) is 4.84. The Morgan fingerprint density at radius 1 is 1.08 bits per heavy atom. The van der Waals surface area contributed by atoms with Crippen molar-refractivity contribution in [3.63, 3.8) is 0 Å². The van der Waals surface area contributed by atoms with Gasteiger partial charge in [0.05, 0.1) is 6.04 Å². The average molecular weight is 338 g/mol. The van der Waals surface area contributed by atoms with Gasteiger partial charge in [0.2, 0.25) is 5.91 Å². The van der Waals surface area contributed by atoms with Crippen LogP contribution in [0.4, 0.5) is 0 Å². The summed E-state index contributed by atoms with van der Waals surface area (Å²) in [6, 6.07) is -0.379. The van der Waals surface area contributed by atoms with Crippen molar-refractivity contribution in [1.29, 1.82) is 0 Å². The Labute approximate surface area is 146 Å². The minimum Gasteiger partial charge on any atom is -0.381 e. The average Bonchev–Trinajstić information content (AvgIpc) is 2.67. The van der Waals surface area contributed by atoms with Gasteiger partial charge in [-0.1, -0.05) is 25.7 Å². The van der Waals surface area contributed by atoms with Gasteiger partial charge >= 0.3 is 0 Å². The quantitative estimate of drug-likeness (QED) is 0.806. The summed E-state index contributed by atoms with van der Waals surface area (Å²) in [6.45, 7) is 4.65. The molecule has 1 amide bonds. The monoisotopic (exact) mass is 337 g/mol. The lowest BCUT2D eigenvalue weighted by Crippen LogP contribution is -2.59. The van der Waals surface area contributed by atoms with E-state index >= 15 is 0 Å². The summed E-state index contributed by atoms with van der Waals surface area (Å²) in [5, 5.41) is 3.24. The molecule has 2 heterocycles. The lowest BCUT2D eigenvalue weighted by atomic mass is 9.79. The SMILES string of the molecule is NC(C(=O)NCC1(N2CCCCC2)CCCCC1)C1CCOCC1. The van der Waals surface area contributed by atoms with E-state index in [-0.39, 0.29) is 23.4 Å². The molecular formula is C19H35N3O2. The van der Waals surface area contributed by atoms with Gasteiger partial charge in [-0.05, 0) is 57.5 Å². The van der Waals surface area contributed by atoms with E-state index in [1.807, 2.05) is 0 Å². The number of likely N-dealkylation sites (tertiary alicyclic amines) is 1. The highest BCUT2D eigenvalue weighted by Gasteiger charge is 2.39. The number of hydrogen-bond donors (Lipinski definition) is 2. The zero-order valence-corrected chi connectivity index (χ0v) is 15.1. The smallest absolute Gasteiger partial charge is 0.237 e. The Morgan fingerprint density at radius 3 is 2.38 bits per heavy atom. The number of carbonyl (C=O) groups excluding carboxylic acids is 1. The summed E-state index contributed by atoms with van der Waals surface area (Å²) in [5.74, 6) is 0.319. The Kier molecular flexibility index (Phi) is 6.53. The molecule has 3 rings (SSSR count). The summed E-state index contributed by atoms with van der Waals surface area (Å²) in [4.78, 5) is 15.3. The van der Waals surface area contributed by atoms with Crippen LogP contribution < -0.4 is 11.1 Å². The van der Waals surface area contributed by atoms with Crippen LogP contribution in [0.3, 0.4) is 0 Å². The fourth-order valence-corrected chi connectivity index (χ4v) is 4.84. The maximum atomic E-state index is 12.6. The summed E-state index contributed by atoms with van der Waals surface area (Å²) in [7, 11) is 0. The zero-order valence-electron chi connectivity index (χ0n) is 15.1. The number of rotatable bonds is 5. The van der Waals surface area contributed by atoms with Crippen LogP contribution in [0.1, 0.15) is 64.2 Å². The predicted molar refractivity (Wildman–Crippen MR) is 95.8 cm³/mol. The van der Waals surface area contributed by atoms with Gasteiger partial charge in [0.25, 0.3) is 0 Å². The number of nitrogens with two attached hydrogens (primary N) is 1. The van der Waals surface area contributed by atoms with Gasteiger partial charge in [0.15, 0.2) is 0 Å². The molecule has 1 saturated carbocycles. The summed E-state index contributed by atoms with van der Waals surface area (Å²) >= 11 is 0. The zero-order chi connectivity index (χ0) is 16.8. The number of nitrogens with one attached hydrogen (secondary N) is 1. The maximum absolute atomic E-state index is 12.6. The van der Waals surface area contributed by atoms with Crippen molar-refractivity contribution >= 4 is 5.91 Å². The first-order valence-electron chi connectivity index (χ1n) is 10.1. The first-order valence-corrected chi connectivity index (χ1v) is 10.1. The van der Waals surface area contributed by atoms with E-state index < -0.39 is 0 Å². The lowest BCUT2D eigenvalue weighted by Gasteiger charge is -2.48. The molecule has 3 N–H and O–H groups in total. The van der Waals surface area contributed by atoms with Gasteiger partial charge in [-0.2, -0.15) is 0 Å². The molecule has 2 saturated heterocycles. The summed E-state index contributed by atoms with van der Waals surface area (Å²) < 4.78 is 5.39. The summed E-state index contributed by atoms with van der Waals surface area (Å²) in [6.07, 6.45) is 12.1. The molecule has 24 heavy (non-hydrogen) atoms. The maximum Gasteiger partial charge on any atom is 0.237 e. The first kappa shape index (κ1) is 18.2. The third kappa shape index (κ3) is 4.30. The molecule has 138 valence electrons. The van der Waals surface area contributed by atoms with E-state index in [1.165, 1.54) is 64.5 Å². The van der Waals surface area contributed by atoms with E-state index in [2.05, 4.69) is 10.2 Å². The lowest BCUT2D eigenvalue weighted by molar-refractivity contribution is -0.125. The highest BCUT2D eigenvalue weighted by atomic mass is 16.5. The van der Waals surface area contributed by atoms with Crippen molar-refractivity contribution in [3.05, 3.63) is 0 Å². The van der Waals surface area contributed by atoms with E-state index in [1.54, 1.807) is 0 Å². The van der Waals surface area contributed by atoms with Gasteiger partial charge in [-0.25, -0.2) is 0 Å². The van der Waals surface area contributed by atoms with Gasteiger partial charge < -0.3 is 15.8 Å². The van der Waals surface area contributed by atoms with Crippen molar-refractivity contribution in [2.45, 2.75) is 75.8 Å². The molecule has 1 aliphatic carbocycles. The number of piperidine rings is 1. The normalized spacial score (nSPS) is 27.5. The molecule has 1 atom stereocenters. The largest absolute Gasteiger partial charge is 0.381 e. The third-order valence-electron chi connectivity index (χ3n) is 6.48. The second-order valence-corrected chi connectivity index (χ2v) is 8.03. The second kappa shape index (κ2) is 8.63. The Morgan fingerprint density at radius 2 is 1.71 bits per heavy atom. The minimum absolute atomic E-state index is 0.0452. The van der Waals surface area contributed by atoms with E-state index in [0.29, 0.717) is 0 Å². The number of carbonyl (C=O) groups is 1. The molecule has 0 radical (unpaired) electrons. The molecule has 0 aromatic carbocycles. The first-order chi connectivity index (χ1) is 11.7. The molecule has 1 unspecified atom stereocenters. The van der Waals surface area contributed by atoms with Crippen LogP contribution in [0.25, 0.3) is 0 Å². The molecule has 0 spiro atoms. The van der Waals surface area contributed by atoms with Crippen LogP contribution in [0.5, 0.6) is 0 Å². The van der Waals surface area contributed by atoms with Gasteiger partial charge in [0, 0.05) is 25.3 Å². The van der Waals surface area contributed by atoms with Crippen molar-refractivity contribution < 1.29 is 9.53 Å². The van der Waals surface area contributed by atoms with Gasteiger partial charge in [0.1, 0.15) is 0 Å². The van der Waals surface area contributed by atoms with Crippen molar-refractivity contribution in [3.8, 4) is 0 Å².